The van der Waals surface area contributed by atoms with Crippen LogP contribution in [0, 0.1) is 11.6 Å². The van der Waals surface area contributed by atoms with Crippen molar-refractivity contribution in [1.82, 2.24) is 4.98 Å². The lowest BCUT2D eigenvalue weighted by atomic mass is 10.2. The van der Waals surface area contributed by atoms with E-state index >= 15 is 0 Å². The minimum atomic E-state index is -1.01. The number of anilines is 2. The Morgan fingerprint density at radius 1 is 1.15 bits per heavy atom. The lowest BCUT2D eigenvalue weighted by molar-refractivity contribution is 0.102. The van der Waals surface area contributed by atoms with Crippen molar-refractivity contribution in [3.05, 3.63) is 53.7 Å². The molecule has 0 aliphatic carbocycles. The summed E-state index contributed by atoms with van der Waals surface area (Å²) in [5, 5.41) is 2.50. The van der Waals surface area contributed by atoms with Crippen LogP contribution in [0.3, 0.4) is 0 Å². The Labute approximate surface area is 115 Å². The van der Waals surface area contributed by atoms with Gasteiger partial charge in [-0.2, -0.15) is 0 Å². The van der Waals surface area contributed by atoms with Crippen molar-refractivity contribution in [2.75, 3.05) is 24.3 Å². The summed E-state index contributed by atoms with van der Waals surface area (Å²) >= 11 is 0. The maximum absolute atomic E-state index is 13.1. The number of benzene rings is 1. The molecule has 0 atom stereocenters. The van der Waals surface area contributed by atoms with E-state index in [1.54, 1.807) is 31.1 Å². The number of nitrogens with one attached hydrogen (secondary N) is 1. The molecule has 0 spiro atoms. The van der Waals surface area contributed by atoms with Crippen LogP contribution in [-0.4, -0.2) is 25.0 Å². The molecule has 2 aromatic rings. The Morgan fingerprint density at radius 2 is 1.90 bits per heavy atom. The summed E-state index contributed by atoms with van der Waals surface area (Å²) < 4.78 is 25.9. The van der Waals surface area contributed by atoms with Crippen molar-refractivity contribution < 1.29 is 13.6 Å². The molecule has 1 heterocycles. The van der Waals surface area contributed by atoms with Gasteiger partial charge in [0.1, 0.15) is 5.82 Å². The number of hydrogen-bond donors (Lipinski definition) is 1. The van der Waals surface area contributed by atoms with E-state index < -0.39 is 17.5 Å². The van der Waals surface area contributed by atoms with Gasteiger partial charge in [-0.1, -0.05) is 0 Å². The second-order valence-corrected chi connectivity index (χ2v) is 4.38. The zero-order chi connectivity index (χ0) is 14.7. The third kappa shape index (κ3) is 3.09. The number of amides is 1. The van der Waals surface area contributed by atoms with Crippen LogP contribution in [-0.2, 0) is 0 Å². The van der Waals surface area contributed by atoms with E-state index in [0.717, 1.165) is 12.1 Å². The number of carbonyl (C=O) groups is 1. The quantitative estimate of drug-likeness (QED) is 0.938. The molecule has 4 nitrogen and oxygen atoms in total. The van der Waals surface area contributed by atoms with Crippen LogP contribution in [0.2, 0.25) is 0 Å². The maximum Gasteiger partial charge on any atom is 0.255 e. The number of pyridine rings is 1. The van der Waals surface area contributed by atoms with Gasteiger partial charge in [0, 0.05) is 37.6 Å². The summed E-state index contributed by atoms with van der Waals surface area (Å²) in [6.07, 6.45) is 1.51. The molecule has 20 heavy (non-hydrogen) atoms. The van der Waals surface area contributed by atoms with Crippen LogP contribution in [0.15, 0.2) is 36.5 Å². The van der Waals surface area contributed by atoms with Crippen LogP contribution in [0.4, 0.5) is 20.3 Å². The van der Waals surface area contributed by atoms with E-state index in [0.29, 0.717) is 11.4 Å². The first-order chi connectivity index (χ1) is 9.47. The third-order valence-corrected chi connectivity index (χ3v) is 2.64. The predicted molar refractivity (Wildman–Crippen MR) is 72.9 cm³/mol. The van der Waals surface area contributed by atoms with Crippen molar-refractivity contribution in [3.8, 4) is 0 Å². The number of rotatable bonds is 3. The summed E-state index contributed by atoms with van der Waals surface area (Å²) in [5.74, 6) is -1.75. The number of hydrogen-bond acceptors (Lipinski definition) is 3. The molecule has 6 heteroatoms. The van der Waals surface area contributed by atoms with Gasteiger partial charge in [-0.15, -0.1) is 0 Å². The molecule has 1 N–H and O–H groups in total. The number of carbonyl (C=O) groups excluding carboxylic acids is 1. The van der Waals surface area contributed by atoms with Crippen molar-refractivity contribution in [2.24, 2.45) is 0 Å². The van der Waals surface area contributed by atoms with Crippen LogP contribution >= 0.6 is 0 Å². The zero-order valence-corrected chi connectivity index (χ0v) is 11.0. The van der Waals surface area contributed by atoms with E-state index in [2.05, 4.69) is 10.3 Å². The first kappa shape index (κ1) is 13.9. The third-order valence-electron chi connectivity index (χ3n) is 2.64. The van der Waals surface area contributed by atoms with Crippen molar-refractivity contribution >= 4 is 17.4 Å². The molecular weight excluding hydrogens is 264 g/mol. The molecule has 104 valence electrons. The highest BCUT2D eigenvalue weighted by Gasteiger charge is 2.10. The summed E-state index contributed by atoms with van der Waals surface area (Å²) in [5.41, 5.74) is 0.575. The van der Waals surface area contributed by atoms with Gasteiger partial charge in [0.15, 0.2) is 11.6 Å². The van der Waals surface area contributed by atoms with E-state index in [-0.39, 0.29) is 5.69 Å². The molecule has 1 aromatic heterocycles. The fourth-order valence-electron chi connectivity index (χ4n) is 1.58. The molecule has 2 rings (SSSR count). The smallest absolute Gasteiger partial charge is 0.255 e. The lowest BCUT2D eigenvalue weighted by Gasteiger charge is -2.12. The van der Waals surface area contributed by atoms with Gasteiger partial charge in [-0.3, -0.25) is 4.79 Å². The highest BCUT2D eigenvalue weighted by Crippen LogP contribution is 2.15. The Bertz CT molecular complexity index is 644. The minimum absolute atomic E-state index is 0.192. The van der Waals surface area contributed by atoms with Crippen LogP contribution in [0.5, 0.6) is 0 Å². The van der Waals surface area contributed by atoms with Gasteiger partial charge in [-0.05, 0) is 24.3 Å². The predicted octanol–water partition coefficient (Wildman–Crippen LogP) is 2.68. The van der Waals surface area contributed by atoms with Gasteiger partial charge in [0.25, 0.3) is 5.91 Å². The first-order valence-electron chi connectivity index (χ1n) is 5.87. The molecule has 0 fully saturated rings. The van der Waals surface area contributed by atoms with Crippen LogP contribution in [0.1, 0.15) is 10.4 Å². The Balaban J connectivity index is 2.19. The summed E-state index contributed by atoms with van der Waals surface area (Å²) in [4.78, 5) is 17.9. The zero-order valence-electron chi connectivity index (χ0n) is 11.0. The Kier molecular flexibility index (Phi) is 3.93. The summed E-state index contributed by atoms with van der Waals surface area (Å²) in [6, 6.07) is 6.34. The molecule has 1 amide bonds. The molecule has 0 saturated heterocycles. The van der Waals surface area contributed by atoms with E-state index in [1.807, 2.05) is 0 Å². The normalized spacial score (nSPS) is 10.2. The standard InChI is InChI=1S/C14H13F2N3O/c1-19(2)13-7-9(5-6-17-13)14(20)18-10-3-4-11(15)12(16)8-10/h3-8H,1-2H3,(H,18,20). The van der Waals surface area contributed by atoms with Crippen LogP contribution in [0.25, 0.3) is 0 Å². The highest BCUT2D eigenvalue weighted by atomic mass is 19.2. The SMILES string of the molecule is CN(C)c1cc(C(=O)Nc2ccc(F)c(F)c2)ccn1. The topological polar surface area (TPSA) is 45.2 Å². The number of halogens is 2. The van der Waals surface area contributed by atoms with Gasteiger partial charge >= 0.3 is 0 Å². The summed E-state index contributed by atoms with van der Waals surface area (Å²) in [7, 11) is 3.61. The van der Waals surface area contributed by atoms with Crippen molar-refractivity contribution in [1.29, 1.82) is 0 Å². The molecule has 0 bridgehead atoms. The van der Waals surface area contributed by atoms with Crippen LogP contribution < -0.4 is 10.2 Å². The van der Waals surface area contributed by atoms with Crippen molar-refractivity contribution in [3.63, 3.8) is 0 Å². The molecule has 0 unspecified atom stereocenters. The fraction of sp³-hybridized carbons (Fsp3) is 0.143. The molecule has 0 aliphatic heterocycles. The van der Waals surface area contributed by atoms with Gasteiger partial charge in [-0.25, -0.2) is 13.8 Å². The largest absolute Gasteiger partial charge is 0.363 e. The Hall–Kier alpha value is -2.50. The van der Waals surface area contributed by atoms with Gasteiger partial charge < -0.3 is 10.2 Å². The Morgan fingerprint density at radius 3 is 2.55 bits per heavy atom. The molecular formula is C14H13F2N3O. The first-order valence-corrected chi connectivity index (χ1v) is 5.87. The molecule has 0 saturated carbocycles. The minimum Gasteiger partial charge on any atom is -0.363 e. The number of nitrogens with zero attached hydrogens (tertiary/aromatic N) is 2. The number of aromatic nitrogens is 1. The van der Waals surface area contributed by atoms with Crippen molar-refractivity contribution in [2.45, 2.75) is 0 Å². The monoisotopic (exact) mass is 277 g/mol. The second-order valence-electron chi connectivity index (χ2n) is 4.38. The van der Waals surface area contributed by atoms with E-state index in [9.17, 15) is 13.6 Å². The second kappa shape index (κ2) is 5.64. The average molecular weight is 277 g/mol. The molecule has 1 aromatic carbocycles. The average Bonchev–Trinajstić information content (AvgIpc) is 2.43. The van der Waals surface area contributed by atoms with Gasteiger partial charge in [0.05, 0.1) is 0 Å². The van der Waals surface area contributed by atoms with Gasteiger partial charge in [0.2, 0.25) is 0 Å². The molecule has 0 radical (unpaired) electrons. The maximum atomic E-state index is 13.1. The van der Waals surface area contributed by atoms with E-state index in [1.165, 1.54) is 12.3 Å². The van der Waals surface area contributed by atoms with E-state index in [4.69, 9.17) is 0 Å². The summed E-state index contributed by atoms with van der Waals surface area (Å²) in [6.45, 7) is 0. The highest BCUT2D eigenvalue weighted by molar-refractivity contribution is 6.04. The molecule has 0 aliphatic rings. The fourth-order valence-corrected chi connectivity index (χ4v) is 1.58. The lowest BCUT2D eigenvalue weighted by Crippen LogP contribution is -2.15.